The van der Waals surface area contributed by atoms with E-state index in [2.05, 4.69) is 15.5 Å². The Morgan fingerprint density at radius 2 is 2.25 bits per heavy atom. The molecule has 2 aromatic rings. The van der Waals surface area contributed by atoms with Gasteiger partial charge >= 0.3 is 5.69 Å². The van der Waals surface area contributed by atoms with Crippen LogP contribution in [-0.4, -0.2) is 26.1 Å². The number of hydrogen-bond acceptors (Lipinski definition) is 7. The van der Waals surface area contributed by atoms with E-state index in [0.717, 1.165) is 11.1 Å². The lowest BCUT2D eigenvalue weighted by Crippen LogP contribution is -2.12. The number of aromatic nitrogens is 2. The Morgan fingerprint density at radius 3 is 2.85 bits per heavy atom. The fraction of sp³-hybridized carbons (Fsp3) is 0.182. The Hall–Kier alpha value is -2.55. The van der Waals surface area contributed by atoms with Crippen molar-refractivity contribution in [2.75, 3.05) is 5.32 Å². The summed E-state index contributed by atoms with van der Waals surface area (Å²) in [5, 5.41) is 31.5. The van der Waals surface area contributed by atoms with Gasteiger partial charge in [0, 0.05) is 6.07 Å². The number of nitro groups is 1. The van der Waals surface area contributed by atoms with E-state index in [1.54, 1.807) is 0 Å². The first-order chi connectivity index (χ1) is 9.52. The number of amides is 1. The third-order valence-corrected chi connectivity index (χ3v) is 3.43. The van der Waals surface area contributed by atoms with Crippen LogP contribution in [0.3, 0.4) is 0 Å². The second kappa shape index (κ2) is 5.61. The van der Waals surface area contributed by atoms with E-state index < -0.39 is 22.3 Å². The fourth-order valence-corrected chi connectivity index (χ4v) is 2.15. The van der Waals surface area contributed by atoms with Crippen molar-refractivity contribution in [2.24, 2.45) is 0 Å². The largest absolute Gasteiger partial charge is 0.502 e. The van der Waals surface area contributed by atoms with Gasteiger partial charge in [0.2, 0.25) is 10.9 Å². The maximum atomic E-state index is 12.0. The van der Waals surface area contributed by atoms with Crippen LogP contribution in [0, 0.1) is 10.1 Å². The molecule has 9 heteroatoms. The minimum Gasteiger partial charge on any atom is -0.502 e. The van der Waals surface area contributed by atoms with Gasteiger partial charge in [0.15, 0.2) is 0 Å². The summed E-state index contributed by atoms with van der Waals surface area (Å²) in [4.78, 5) is 21.9. The summed E-state index contributed by atoms with van der Waals surface area (Å²) in [5.41, 5.74) is -0.711. The summed E-state index contributed by atoms with van der Waals surface area (Å²) in [6.45, 7) is 1.90. The highest BCUT2D eigenvalue weighted by atomic mass is 32.1. The lowest BCUT2D eigenvalue weighted by atomic mass is 10.1. The summed E-state index contributed by atoms with van der Waals surface area (Å²) in [6.07, 6.45) is 0.690. The minimum atomic E-state index is -0.758. The number of para-hydroxylation sites is 1. The topological polar surface area (TPSA) is 118 Å². The SMILES string of the molecule is CCc1nnc(NC(=O)c2cccc([N+](=O)[O-])c2O)s1. The van der Waals surface area contributed by atoms with E-state index in [1.165, 1.54) is 23.5 Å². The molecule has 0 fully saturated rings. The molecule has 0 aliphatic rings. The molecule has 104 valence electrons. The zero-order valence-electron chi connectivity index (χ0n) is 10.4. The monoisotopic (exact) mass is 294 g/mol. The molecule has 1 aromatic heterocycles. The number of phenols is 1. The van der Waals surface area contributed by atoms with Crippen LogP contribution in [0.1, 0.15) is 22.3 Å². The molecule has 2 rings (SSSR count). The van der Waals surface area contributed by atoms with E-state index in [-0.39, 0.29) is 10.7 Å². The maximum Gasteiger partial charge on any atom is 0.311 e. The van der Waals surface area contributed by atoms with Crippen LogP contribution in [0.2, 0.25) is 0 Å². The minimum absolute atomic E-state index is 0.188. The van der Waals surface area contributed by atoms with Gasteiger partial charge in [-0.3, -0.25) is 20.2 Å². The zero-order valence-corrected chi connectivity index (χ0v) is 11.2. The van der Waals surface area contributed by atoms with Gasteiger partial charge in [-0.2, -0.15) is 0 Å². The molecule has 20 heavy (non-hydrogen) atoms. The van der Waals surface area contributed by atoms with Gasteiger partial charge in [-0.05, 0) is 12.5 Å². The van der Waals surface area contributed by atoms with Crippen LogP contribution in [0.15, 0.2) is 18.2 Å². The van der Waals surface area contributed by atoms with Gasteiger partial charge < -0.3 is 5.11 Å². The molecule has 0 saturated heterocycles. The quantitative estimate of drug-likeness (QED) is 0.657. The molecular weight excluding hydrogens is 284 g/mol. The van der Waals surface area contributed by atoms with Crippen molar-refractivity contribution in [3.8, 4) is 5.75 Å². The molecule has 0 bridgehead atoms. The molecule has 0 spiro atoms. The number of carbonyl (C=O) groups excluding carboxylic acids is 1. The highest BCUT2D eigenvalue weighted by Gasteiger charge is 2.21. The first-order valence-corrected chi connectivity index (χ1v) is 6.44. The fourth-order valence-electron chi connectivity index (χ4n) is 1.47. The molecule has 8 nitrogen and oxygen atoms in total. The van der Waals surface area contributed by atoms with Gasteiger partial charge in [-0.25, -0.2) is 0 Å². The Bertz CT molecular complexity index is 670. The van der Waals surface area contributed by atoms with Crippen molar-refractivity contribution in [3.05, 3.63) is 38.9 Å². The van der Waals surface area contributed by atoms with Crippen molar-refractivity contribution in [1.82, 2.24) is 10.2 Å². The van der Waals surface area contributed by atoms with Crippen LogP contribution in [0.5, 0.6) is 5.75 Å². The van der Waals surface area contributed by atoms with Crippen molar-refractivity contribution in [3.63, 3.8) is 0 Å². The normalized spacial score (nSPS) is 10.2. The van der Waals surface area contributed by atoms with E-state index in [9.17, 15) is 20.0 Å². The number of nitrogens with zero attached hydrogens (tertiary/aromatic N) is 3. The Balaban J connectivity index is 2.25. The first kappa shape index (κ1) is 13.9. The molecule has 2 N–H and O–H groups in total. The molecule has 0 aliphatic carbocycles. The van der Waals surface area contributed by atoms with Crippen LogP contribution >= 0.6 is 11.3 Å². The number of aromatic hydroxyl groups is 1. The molecule has 1 amide bonds. The zero-order chi connectivity index (χ0) is 14.7. The third-order valence-electron chi connectivity index (χ3n) is 2.45. The number of aryl methyl sites for hydroxylation is 1. The number of benzene rings is 1. The van der Waals surface area contributed by atoms with Crippen molar-refractivity contribution < 1.29 is 14.8 Å². The van der Waals surface area contributed by atoms with Gasteiger partial charge in [-0.1, -0.05) is 24.3 Å². The Labute approximate surface area is 117 Å². The number of anilines is 1. The number of nitrogens with one attached hydrogen (secondary N) is 1. The molecule has 0 aliphatic heterocycles. The van der Waals surface area contributed by atoms with Crippen LogP contribution in [0.4, 0.5) is 10.8 Å². The summed E-state index contributed by atoms with van der Waals surface area (Å²) >= 11 is 1.20. The highest BCUT2D eigenvalue weighted by molar-refractivity contribution is 7.15. The van der Waals surface area contributed by atoms with Gasteiger partial charge in [0.1, 0.15) is 5.01 Å². The second-order valence-corrected chi connectivity index (χ2v) is 4.80. The molecule has 1 aromatic carbocycles. The second-order valence-electron chi connectivity index (χ2n) is 3.74. The van der Waals surface area contributed by atoms with Crippen molar-refractivity contribution in [1.29, 1.82) is 0 Å². The van der Waals surface area contributed by atoms with Crippen molar-refractivity contribution in [2.45, 2.75) is 13.3 Å². The summed E-state index contributed by atoms with van der Waals surface area (Å²) < 4.78 is 0. The van der Waals surface area contributed by atoms with Crippen molar-refractivity contribution >= 4 is 28.1 Å². The molecule has 0 unspecified atom stereocenters. The van der Waals surface area contributed by atoms with E-state index in [0.29, 0.717) is 6.42 Å². The lowest BCUT2D eigenvalue weighted by molar-refractivity contribution is -0.385. The molecular formula is C11H10N4O4S. The lowest BCUT2D eigenvalue weighted by Gasteiger charge is -2.03. The number of hydrogen-bond donors (Lipinski definition) is 2. The summed E-state index contributed by atoms with van der Waals surface area (Å²) in [6, 6.07) is 3.73. The predicted molar refractivity (Wildman–Crippen MR) is 72.0 cm³/mol. The van der Waals surface area contributed by atoms with Gasteiger partial charge in [0.05, 0.1) is 10.5 Å². The number of phenolic OH excluding ortho intramolecular Hbond substituents is 1. The third kappa shape index (κ3) is 2.72. The first-order valence-electron chi connectivity index (χ1n) is 5.63. The molecule has 0 saturated carbocycles. The average molecular weight is 294 g/mol. The Kier molecular flexibility index (Phi) is 3.89. The number of carbonyl (C=O) groups is 1. The van der Waals surface area contributed by atoms with E-state index in [1.807, 2.05) is 6.92 Å². The van der Waals surface area contributed by atoms with Gasteiger partial charge in [-0.15, -0.1) is 10.2 Å². The Morgan fingerprint density at radius 1 is 1.50 bits per heavy atom. The van der Waals surface area contributed by atoms with Gasteiger partial charge in [0.25, 0.3) is 5.91 Å². The molecule has 1 heterocycles. The highest BCUT2D eigenvalue weighted by Crippen LogP contribution is 2.30. The van der Waals surface area contributed by atoms with E-state index in [4.69, 9.17) is 0 Å². The van der Waals surface area contributed by atoms with Crippen LogP contribution in [-0.2, 0) is 6.42 Å². The molecule has 0 radical (unpaired) electrons. The van der Waals surface area contributed by atoms with E-state index >= 15 is 0 Å². The summed E-state index contributed by atoms with van der Waals surface area (Å²) in [5.74, 6) is -1.35. The predicted octanol–water partition coefficient (Wildman–Crippen LogP) is 1.97. The van der Waals surface area contributed by atoms with Crippen LogP contribution in [0.25, 0.3) is 0 Å². The standard InChI is InChI=1S/C11H10N4O4S/c1-2-8-13-14-11(20-8)12-10(17)6-4-3-5-7(9(6)16)15(18)19/h3-5,16H,2H2,1H3,(H,12,14,17). The number of nitro benzene ring substituents is 1. The smallest absolute Gasteiger partial charge is 0.311 e. The van der Waals surface area contributed by atoms with Crippen LogP contribution < -0.4 is 5.32 Å². The molecule has 0 atom stereocenters. The maximum absolute atomic E-state index is 12.0. The summed E-state index contributed by atoms with van der Waals surface area (Å²) in [7, 11) is 0. The average Bonchev–Trinajstić information content (AvgIpc) is 2.86. The number of rotatable bonds is 4.